The molecule has 0 radical (unpaired) electrons. The molecule has 2 nitrogen and oxygen atoms in total. The number of nitrogens with one attached hydrogen (secondary N) is 1. The van der Waals surface area contributed by atoms with E-state index in [1.165, 1.54) is 12.1 Å². The van der Waals surface area contributed by atoms with Gasteiger partial charge in [-0.15, -0.1) is 0 Å². The molecule has 112 valence electrons. The van der Waals surface area contributed by atoms with Crippen LogP contribution in [0.25, 0.3) is 5.57 Å². The Morgan fingerprint density at radius 1 is 1.00 bits per heavy atom. The van der Waals surface area contributed by atoms with Crippen LogP contribution in [0.5, 0.6) is 0 Å². The van der Waals surface area contributed by atoms with E-state index in [0.717, 1.165) is 45.5 Å². The van der Waals surface area contributed by atoms with Crippen molar-refractivity contribution < 1.29 is 4.39 Å². The first-order valence-corrected chi connectivity index (χ1v) is 7.48. The van der Waals surface area contributed by atoms with Crippen LogP contribution < -0.4 is 5.73 Å². The third-order valence-electron chi connectivity index (χ3n) is 4.29. The van der Waals surface area contributed by atoms with E-state index in [2.05, 4.69) is 0 Å². The zero-order valence-electron chi connectivity index (χ0n) is 12.4. The summed E-state index contributed by atoms with van der Waals surface area (Å²) in [6, 6.07) is 12.5. The Labute approximate surface area is 134 Å². The summed E-state index contributed by atoms with van der Waals surface area (Å²) < 4.78 is 13.3. The molecule has 4 rings (SSSR count). The van der Waals surface area contributed by atoms with E-state index < -0.39 is 0 Å². The maximum atomic E-state index is 13.3. The fourth-order valence-corrected chi connectivity index (χ4v) is 3.27. The largest absolute Gasteiger partial charge is 0.399 e. The third kappa shape index (κ3) is 2.30. The highest BCUT2D eigenvalue weighted by molar-refractivity contribution is 6.07. The van der Waals surface area contributed by atoms with Crippen LogP contribution in [-0.2, 0) is 6.42 Å². The molecular formula is C20H15FN2. The van der Waals surface area contributed by atoms with Crippen LogP contribution in [0.4, 0.5) is 10.1 Å². The molecule has 0 heterocycles. The van der Waals surface area contributed by atoms with Gasteiger partial charge in [0.1, 0.15) is 5.82 Å². The lowest BCUT2D eigenvalue weighted by atomic mass is 9.77. The van der Waals surface area contributed by atoms with Gasteiger partial charge in [0.2, 0.25) is 0 Å². The van der Waals surface area contributed by atoms with Gasteiger partial charge in [-0.1, -0.05) is 24.3 Å². The molecule has 0 atom stereocenters. The SMILES string of the molecule is N=C1C=CC2=C(c3ccc(F)cc3)c3ccc(N)cc3CC2=C1. The second kappa shape index (κ2) is 5.06. The first-order valence-electron chi connectivity index (χ1n) is 7.48. The average molecular weight is 302 g/mol. The van der Waals surface area contributed by atoms with Gasteiger partial charge in [-0.2, -0.15) is 0 Å². The minimum atomic E-state index is -0.246. The summed E-state index contributed by atoms with van der Waals surface area (Å²) in [5, 5.41) is 7.88. The number of anilines is 1. The molecule has 2 aliphatic carbocycles. The first-order chi connectivity index (χ1) is 11.1. The molecule has 2 aromatic carbocycles. The molecule has 3 heteroatoms. The third-order valence-corrected chi connectivity index (χ3v) is 4.29. The van der Waals surface area contributed by atoms with E-state index in [1.807, 2.05) is 30.4 Å². The Balaban J connectivity index is 2.01. The van der Waals surface area contributed by atoms with Crippen molar-refractivity contribution in [2.45, 2.75) is 6.42 Å². The van der Waals surface area contributed by atoms with Crippen molar-refractivity contribution in [1.29, 1.82) is 5.41 Å². The molecule has 0 saturated carbocycles. The smallest absolute Gasteiger partial charge is 0.123 e. The second-order valence-corrected chi connectivity index (χ2v) is 5.85. The van der Waals surface area contributed by atoms with Crippen LogP contribution in [-0.4, -0.2) is 5.71 Å². The average Bonchev–Trinajstić information content (AvgIpc) is 2.53. The van der Waals surface area contributed by atoms with Crippen LogP contribution in [0.3, 0.4) is 0 Å². The van der Waals surface area contributed by atoms with E-state index in [1.54, 1.807) is 18.2 Å². The minimum Gasteiger partial charge on any atom is -0.399 e. The Morgan fingerprint density at radius 3 is 2.57 bits per heavy atom. The summed E-state index contributed by atoms with van der Waals surface area (Å²) in [4.78, 5) is 0. The van der Waals surface area contributed by atoms with Crippen LogP contribution in [0.1, 0.15) is 16.7 Å². The van der Waals surface area contributed by atoms with E-state index >= 15 is 0 Å². The van der Waals surface area contributed by atoms with E-state index in [0.29, 0.717) is 5.71 Å². The summed E-state index contributed by atoms with van der Waals surface area (Å²) >= 11 is 0. The molecule has 0 fully saturated rings. The molecule has 2 aromatic rings. The van der Waals surface area contributed by atoms with Gasteiger partial charge < -0.3 is 11.1 Å². The Morgan fingerprint density at radius 2 is 1.78 bits per heavy atom. The standard InChI is InChI=1S/C20H15FN2/c21-15-3-1-12(2-4-15)20-18-7-5-16(22)10-13(18)9-14-11-17(23)6-8-19(14)20/h1-8,10-11,22H,9,23H2. The zero-order chi connectivity index (χ0) is 16.0. The number of hydrogen-bond donors (Lipinski definition) is 2. The number of benzene rings is 2. The fourth-order valence-electron chi connectivity index (χ4n) is 3.27. The maximum Gasteiger partial charge on any atom is 0.123 e. The number of hydrogen-bond acceptors (Lipinski definition) is 2. The zero-order valence-corrected chi connectivity index (χ0v) is 12.4. The van der Waals surface area contributed by atoms with Crippen LogP contribution in [0.2, 0.25) is 0 Å². The van der Waals surface area contributed by atoms with Gasteiger partial charge in [-0.25, -0.2) is 4.39 Å². The Kier molecular flexibility index (Phi) is 3.01. The summed E-state index contributed by atoms with van der Waals surface area (Å²) in [5.74, 6) is -0.246. The predicted octanol–water partition coefficient (Wildman–Crippen LogP) is 4.28. The van der Waals surface area contributed by atoms with E-state index in [4.69, 9.17) is 11.1 Å². The lowest BCUT2D eigenvalue weighted by molar-refractivity contribution is 0.627. The van der Waals surface area contributed by atoms with Crippen molar-refractivity contribution in [1.82, 2.24) is 0 Å². The van der Waals surface area contributed by atoms with Gasteiger partial charge >= 0.3 is 0 Å². The molecule has 0 aromatic heterocycles. The van der Waals surface area contributed by atoms with Crippen LogP contribution in [0.15, 0.2) is 71.8 Å². The number of nitrogens with two attached hydrogens (primary N) is 1. The molecular weight excluding hydrogens is 287 g/mol. The van der Waals surface area contributed by atoms with E-state index in [9.17, 15) is 4.39 Å². The Hall–Kier alpha value is -2.94. The van der Waals surface area contributed by atoms with E-state index in [-0.39, 0.29) is 5.82 Å². The van der Waals surface area contributed by atoms with Gasteiger partial charge in [0.25, 0.3) is 0 Å². The van der Waals surface area contributed by atoms with Crippen molar-refractivity contribution in [2.24, 2.45) is 0 Å². The number of rotatable bonds is 1. The number of nitrogen functional groups attached to an aromatic ring is 1. The summed E-state index contributed by atoms with van der Waals surface area (Å²) in [6.45, 7) is 0. The van der Waals surface area contributed by atoms with Crippen LogP contribution >= 0.6 is 0 Å². The minimum absolute atomic E-state index is 0.246. The van der Waals surface area contributed by atoms with Gasteiger partial charge in [0, 0.05) is 5.69 Å². The second-order valence-electron chi connectivity index (χ2n) is 5.85. The molecule has 0 saturated heterocycles. The Bertz CT molecular complexity index is 915. The first kappa shape index (κ1) is 13.7. The lowest BCUT2D eigenvalue weighted by Crippen LogP contribution is -2.12. The molecule has 0 unspecified atom stereocenters. The van der Waals surface area contributed by atoms with Crippen molar-refractivity contribution in [3.8, 4) is 0 Å². The monoisotopic (exact) mass is 302 g/mol. The molecule has 0 aliphatic heterocycles. The van der Waals surface area contributed by atoms with Crippen molar-refractivity contribution in [2.75, 3.05) is 5.73 Å². The highest BCUT2D eigenvalue weighted by atomic mass is 19.1. The highest BCUT2D eigenvalue weighted by Gasteiger charge is 2.24. The van der Waals surface area contributed by atoms with Gasteiger partial charge in [0.05, 0.1) is 5.71 Å². The van der Waals surface area contributed by atoms with Crippen molar-refractivity contribution >= 4 is 17.0 Å². The van der Waals surface area contributed by atoms with Gasteiger partial charge in [-0.05, 0) is 76.2 Å². The van der Waals surface area contributed by atoms with Crippen LogP contribution in [0, 0.1) is 11.2 Å². The summed E-state index contributed by atoms with van der Waals surface area (Å²) in [6.07, 6.45) is 6.43. The normalized spacial score (nSPS) is 16.0. The number of allylic oxidation sites excluding steroid dienone is 5. The quantitative estimate of drug-likeness (QED) is 0.759. The molecule has 0 amide bonds. The topological polar surface area (TPSA) is 49.9 Å². The molecule has 2 aliphatic rings. The number of fused-ring (bicyclic) bond motifs is 2. The highest BCUT2D eigenvalue weighted by Crippen LogP contribution is 2.41. The van der Waals surface area contributed by atoms with Gasteiger partial charge in [-0.3, -0.25) is 0 Å². The fraction of sp³-hybridized carbons (Fsp3) is 0.0500. The number of halogens is 1. The summed E-state index contributed by atoms with van der Waals surface area (Å²) in [7, 11) is 0. The summed E-state index contributed by atoms with van der Waals surface area (Å²) in [5.41, 5.74) is 13.7. The molecule has 3 N–H and O–H groups in total. The predicted molar refractivity (Wildman–Crippen MR) is 91.9 cm³/mol. The van der Waals surface area contributed by atoms with Gasteiger partial charge in [0.15, 0.2) is 0 Å². The molecule has 0 spiro atoms. The van der Waals surface area contributed by atoms with Crippen molar-refractivity contribution in [3.05, 3.63) is 94.3 Å². The maximum absolute atomic E-state index is 13.3. The molecule has 0 bridgehead atoms. The van der Waals surface area contributed by atoms with Crippen molar-refractivity contribution in [3.63, 3.8) is 0 Å². The molecule has 23 heavy (non-hydrogen) atoms. The lowest BCUT2D eigenvalue weighted by Gasteiger charge is -2.27.